The van der Waals surface area contributed by atoms with Gasteiger partial charge < -0.3 is 15.5 Å². The van der Waals surface area contributed by atoms with Crippen molar-refractivity contribution in [1.82, 2.24) is 10.9 Å². The first-order valence-electron chi connectivity index (χ1n) is 10.8. The molecule has 1 fully saturated rings. The molecule has 3 N–H and O–H groups in total. The number of hydrogen-bond acceptors (Lipinski definition) is 4. The van der Waals surface area contributed by atoms with Gasteiger partial charge in [0, 0.05) is 11.1 Å². The van der Waals surface area contributed by atoms with Crippen molar-refractivity contribution in [3.05, 3.63) is 71.7 Å². The molecular formula is C25H28FN3O3. The summed E-state index contributed by atoms with van der Waals surface area (Å²) in [5.74, 6) is -0.649. The van der Waals surface area contributed by atoms with Gasteiger partial charge in [-0.3, -0.25) is 15.0 Å². The zero-order valence-electron chi connectivity index (χ0n) is 18.5. The SMILES string of the molecule is CC1(C)[C@@H]2C=C(NNC(=O)c3ccccc3OCC(=O)Nc3ccccc3F)[C@]1(C)CC2. The highest BCUT2D eigenvalue weighted by Crippen LogP contribution is 2.64. The Bertz CT molecular complexity index is 1080. The van der Waals surface area contributed by atoms with Crippen LogP contribution in [-0.2, 0) is 4.79 Å². The summed E-state index contributed by atoms with van der Waals surface area (Å²) in [6.45, 7) is 6.42. The number of para-hydroxylation sites is 2. The van der Waals surface area contributed by atoms with E-state index < -0.39 is 11.7 Å². The van der Waals surface area contributed by atoms with Crippen molar-refractivity contribution in [2.75, 3.05) is 11.9 Å². The van der Waals surface area contributed by atoms with Crippen LogP contribution in [0.5, 0.6) is 5.75 Å². The summed E-state index contributed by atoms with van der Waals surface area (Å²) in [5.41, 5.74) is 7.45. The topological polar surface area (TPSA) is 79.5 Å². The first-order valence-corrected chi connectivity index (χ1v) is 10.8. The van der Waals surface area contributed by atoms with E-state index in [1.54, 1.807) is 36.4 Å². The normalized spacial score (nSPS) is 22.8. The van der Waals surface area contributed by atoms with Crippen molar-refractivity contribution in [2.45, 2.75) is 33.6 Å². The van der Waals surface area contributed by atoms with Crippen molar-refractivity contribution in [2.24, 2.45) is 16.7 Å². The lowest BCUT2D eigenvalue weighted by molar-refractivity contribution is -0.118. The molecule has 168 valence electrons. The highest BCUT2D eigenvalue weighted by Gasteiger charge is 2.57. The Morgan fingerprint density at radius 3 is 2.50 bits per heavy atom. The number of fused-ring (bicyclic) bond motifs is 2. The number of anilines is 1. The number of benzene rings is 2. The van der Waals surface area contributed by atoms with E-state index in [0.29, 0.717) is 11.5 Å². The zero-order valence-corrected chi connectivity index (χ0v) is 18.5. The van der Waals surface area contributed by atoms with Gasteiger partial charge in [-0.15, -0.1) is 0 Å². The molecule has 2 aromatic rings. The van der Waals surface area contributed by atoms with Gasteiger partial charge in [-0.25, -0.2) is 4.39 Å². The molecule has 6 nitrogen and oxygen atoms in total. The number of allylic oxidation sites excluding steroid dienone is 2. The fourth-order valence-electron chi connectivity index (χ4n) is 4.74. The standard InChI is InChI=1S/C25H28FN3O3/c1-24(2)16-12-13-25(24,3)21(14-16)28-29-23(31)17-8-4-7-11-20(17)32-15-22(30)27-19-10-6-5-9-18(19)26/h4-11,14,16,28H,12-13,15H2,1-3H3,(H,27,30)(H,29,31)/t16-,25-/m0/s1. The summed E-state index contributed by atoms with van der Waals surface area (Å²) in [4.78, 5) is 25.0. The molecule has 1 saturated carbocycles. The van der Waals surface area contributed by atoms with Crippen molar-refractivity contribution in [1.29, 1.82) is 0 Å². The highest BCUT2D eigenvalue weighted by atomic mass is 19.1. The molecular weight excluding hydrogens is 409 g/mol. The van der Waals surface area contributed by atoms with Gasteiger partial charge in [0.15, 0.2) is 6.61 Å². The lowest BCUT2D eigenvalue weighted by Gasteiger charge is -2.37. The average molecular weight is 438 g/mol. The van der Waals surface area contributed by atoms with Crippen LogP contribution in [0.15, 0.2) is 60.3 Å². The van der Waals surface area contributed by atoms with Gasteiger partial charge in [-0.1, -0.05) is 51.1 Å². The van der Waals surface area contributed by atoms with Crippen LogP contribution in [0, 0.1) is 22.6 Å². The largest absolute Gasteiger partial charge is 0.483 e. The summed E-state index contributed by atoms with van der Waals surface area (Å²) in [5, 5.41) is 2.46. The monoisotopic (exact) mass is 437 g/mol. The van der Waals surface area contributed by atoms with Gasteiger partial charge in [0.25, 0.3) is 11.8 Å². The van der Waals surface area contributed by atoms with Gasteiger partial charge in [-0.05, 0) is 48.4 Å². The Balaban J connectivity index is 1.37. The lowest BCUT2D eigenvalue weighted by Crippen LogP contribution is -2.43. The van der Waals surface area contributed by atoms with Crippen LogP contribution >= 0.6 is 0 Å². The molecule has 2 aliphatic carbocycles. The second-order valence-electron chi connectivity index (χ2n) is 9.17. The summed E-state index contributed by atoms with van der Waals surface area (Å²) in [7, 11) is 0. The Morgan fingerprint density at radius 1 is 1.09 bits per heavy atom. The van der Waals surface area contributed by atoms with Crippen molar-refractivity contribution in [3.63, 3.8) is 0 Å². The number of ether oxygens (including phenoxy) is 1. The highest BCUT2D eigenvalue weighted by molar-refractivity contribution is 5.97. The molecule has 0 saturated heterocycles. The molecule has 0 aliphatic heterocycles. The second-order valence-corrected chi connectivity index (χ2v) is 9.17. The van der Waals surface area contributed by atoms with E-state index >= 15 is 0 Å². The van der Waals surface area contributed by atoms with E-state index in [9.17, 15) is 14.0 Å². The Kier molecular flexibility index (Phi) is 5.67. The third kappa shape index (κ3) is 3.83. The molecule has 4 rings (SSSR count). The molecule has 0 aromatic heterocycles. The van der Waals surface area contributed by atoms with Gasteiger partial charge >= 0.3 is 0 Å². The van der Waals surface area contributed by atoms with Gasteiger partial charge in [0.2, 0.25) is 0 Å². The molecule has 2 aliphatic rings. The number of amides is 2. The van der Waals surface area contributed by atoms with E-state index in [4.69, 9.17) is 4.74 Å². The summed E-state index contributed by atoms with van der Waals surface area (Å²) < 4.78 is 19.3. The van der Waals surface area contributed by atoms with Crippen LogP contribution in [0.3, 0.4) is 0 Å². The Morgan fingerprint density at radius 2 is 1.81 bits per heavy atom. The van der Waals surface area contributed by atoms with Gasteiger partial charge in [0.05, 0.1) is 11.3 Å². The molecule has 2 aromatic carbocycles. The quantitative estimate of drug-likeness (QED) is 0.561. The first-order chi connectivity index (χ1) is 15.2. The maximum Gasteiger partial charge on any atom is 0.273 e. The smallest absolute Gasteiger partial charge is 0.273 e. The fourth-order valence-corrected chi connectivity index (χ4v) is 4.74. The second kappa shape index (κ2) is 8.30. The van der Waals surface area contributed by atoms with Crippen LogP contribution in [0.25, 0.3) is 0 Å². The van der Waals surface area contributed by atoms with E-state index in [0.717, 1.165) is 18.5 Å². The van der Waals surface area contributed by atoms with Crippen molar-refractivity contribution in [3.8, 4) is 5.75 Å². The number of halogens is 1. The van der Waals surface area contributed by atoms with E-state index in [-0.39, 0.29) is 34.8 Å². The van der Waals surface area contributed by atoms with E-state index in [1.165, 1.54) is 12.1 Å². The van der Waals surface area contributed by atoms with E-state index in [1.807, 2.05) is 0 Å². The minimum Gasteiger partial charge on any atom is -0.483 e. The molecule has 2 amide bonds. The summed E-state index contributed by atoms with van der Waals surface area (Å²) in [6.07, 6.45) is 4.46. The Labute approximate surface area is 187 Å². The zero-order chi connectivity index (χ0) is 22.9. The average Bonchev–Trinajstić information content (AvgIpc) is 3.11. The Hall–Kier alpha value is -3.35. The number of hydrogen-bond donors (Lipinski definition) is 3. The van der Waals surface area contributed by atoms with Crippen LogP contribution in [0.2, 0.25) is 0 Å². The van der Waals surface area contributed by atoms with Crippen LogP contribution in [0.1, 0.15) is 44.0 Å². The number of hydrazine groups is 1. The number of carbonyl (C=O) groups is 2. The van der Waals surface area contributed by atoms with Crippen LogP contribution in [-0.4, -0.2) is 18.4 Å². The van der Waals surface area contributed by atoms with Gasteiger partial charge in [-0.2, -0.15) is 0 Å². The molecule has 2 bridgehead atoms. The summed E-state index contributed by atoms with van der Waals surface area (Å²) in [6, 6.07) is 12.6. The van der Waals surface area contributed by atoms with Crippen molar-refractivity contribution >= 4 is 17.5 Å². The molecule has 7 heteroatoms. The number of carbonyl (C=O) groups excluding carboxylic acids is 2. The maximum atomic E-state index is 13.7. The van der Waals surface area contributed by atoms with Crippen LogP contribution < -0.4 is 20.9 Å². The predicted molar refractivity (Wildman–Crippen MR) is 120 cm³/mol. The minimum absolute atomic E-state index is 0.00817. The van der Waals surface area contributed by atoms with E-state index in [2.05, 4.69) is 43.0 Å². The lowest BCUT2D eigenvalue weighted by atomic mass is 9.69. The van der Waals surface area contributed by atoms with Crippen molar-refractivity contribution < 1.29 is 18.7 Å². The van der Waals surface area contributed by atoms with Crippen LogP contribution in [0.4, 0.5) is 10.1 Å². The number of nitrogens with one attached hydrogen (secondary N) is 3. The fraction of sp³-hybridized carbons (Fsp3) is 0.360. The number of rotatable bonds is 7. The molecule has 0 heterocycles. The third-order valence-corrected chi connectivity index (χ3v) is 7.22. The van der Waals surface area contributed by atoms with Gasteiger partial charge in [0.1, 0.15) is 11.6 Å². The molecule has 0 radical (unpaired) electrons. The molecule has 0 unspecified atom stereocenters. The molecule has 32 heavy (non-hydrogen) atoms. The maximum absolute atomic E-state index is 13.7. The molecule has 2 atom stereocenters. The molecule has 0 spiro atoms. The predicted octanol–water partition coefficient (Wildman–Crippen LogP) is 4.42. The first kappa shape index (κ1) is 21.9. The summed E-state index contributed by atoms with van der Waals surface area (Å²) >= 11 is 0. The minimum atomic E-state index is -0.529. The third-order valence-electron chi connectivity index (χ3n) is 7.22.